The van der Waals surface area contributed by atoms with Gasteiger partial charge in [0.15, 0.2) is 5.78 Å². The molecule has 0 heterocycles. The highest BCUT2D eigenvalue weighted by atomic mass is 19.3. The van der Waals surface area contributed by atoms with Gasteiger partial charge >= 0.3 is 0 Å². The number of carbonyl (C=O) groups excluding carboxylic acids is 1. The first-order valence-electron chi connectivity index (χ1n) is 5.86. The Bertz CT molecular complexity index is 585. The second kappa shape index (κ2) is 6.05. The van der Waals surface area contributed by atoms with Crippen molar-refractivity contribution in [1.29, 1.82) is 0 Å². The Morgan fingerprint density at radius 3 is 1.74 bits per heavy atom. The van der Waals surface area contributed by atoms with Crippen molar-refractivity contribution >= 4 is 11.4 Å². The van der Waals surface area contributed by atoms with Crippen LogP contribution in [0, 0.1) is 0 Å². The zero-order chi connectivity index (χ0) is 13.7. The molecule has 1 nitrogen and oxygen atoms in total. The summed E-state index contributed by atoms with van der Waals surface area (Å²) in [7, 11) is 0. The third-order valence-electron chi connectivity index (χ3n) is 2.78. The van der Waals surface area contributed by atoms with Crippen LogP contribution in [0.5, 0.6) is 0 Å². The molecule has 0 saturated carbocycles. The van der Waals surface area contributed by atoms with Gasteiger partial charge in [-0.15, -0.1) is 0 Å². The number of Topliss-reactive ketones (excluding diaryl/α,β-unsaturated/α-hetero) is 1. The summed E-state index contributed by atoms with van der Waals surface area (Å²) < 4.78 is 26.0. The molecule has 0 aliphatic carbocycles. The lowest BCUT2D eigenvalue weighted by molar-refractivity contribution is 0.0997. The van der Waals surface area contributed by atoms with Crippen LogP contribution < -0.4 is 0 Å². The van der Waals surface area contributed by atoms with E-state index in [1.54, 1.807) is 60.7 Å². The van der Waals surface area contributed by atoms with Crippen LogP contribution in [0.4, 0.5) is 8.78 Å². The second-order valence-corrected chi connectivity index (χ2v) is 4.07. The number of rotatable bonds is 4. The Morgan fingerprint density at radius 1 is 0.789 bits per heavy atom. The minimum absolute atomic E-state index is 0.213. The summed E-state index contributed by atoms with van der Waals surface area (Å²) in [4.78, 5) is 12.0. The lowest BCUT2D eigenvalue weighted by atomic mass is 9.98. The molecule has 0 aliphatic rings. The van der Waals surface area contributed by atoms with Gasteiger partial charge in [0, 0.05) is 17.6 Å². The molecule has 3 heteroatoms. The molecular formula is C16H12F2O. The summed E-state index contributed by atoms with van der Waals surface area (Å²) in [6.45, 7) is 0. The molecule has 2 aromatic rings. The van der Waals surface area contributed by atoms with E-state index in [1.165, 1.54) is 0 Å². The third kappa shape index (κ3) is 3.35. The summed E-state index contributed by atoms with van der Waals surface area (Å²) >= 11 is 0. The average molecular weight is 258 g/mol. The monoisotopic (exact) mass is 258 g/mol. The molecule has 2 aromatic carbocycles. The molecule has 0 saturated heterocycles. The van der Waals surface area contributed by atoms with Crippen molar-refractivity contribution in [3.05, 3.63) is 77.9 Å². The predicted molar refractivity (Wildman–Crippen MR) is 71.0 cm³/mol. The van der Waals surface area contributed by atoms with E-state index in [0.29, 0.717) is 11.1 Å². The third-order valence-corrected chi connectivity index (χ3v) is 2.78. The van der Waals surface area contributed by atoms with E-state index < -0.39 is 6.08 Å². The van der Waals surface area contributed by atoms with E-state index in [0.717, 1.165) is 0 Å². The molecule has 0 amide bonds. The number of carbonyl (C=O) groups is 1. The van der Waals surface area contributed by atoms with Crippen LogP contribution in [0.3, 0.4) is 0 Å². The molecule has 0 unspecified atom stereocenters. The van der Waals surface area contributed by atoms with E-state index in [9.17, 15) is 13.6 Å². The lowest BCUT2D eigenvalue weighted by Crippen LogP contribution is -2.01. The van der Waals surface area contributed by atoms with Gasteiger partial charge in [0.05, 0.1) is 0 Å². The van der Waals surface area contributed by atoms with Gasteiger partial charge in [-0.1, -0.05) is 60.7 Å². The Hall–Kier alpha value is -2.29. The minimum Gasteiger partial charge on any atom is -0.294 e. The summed E-state index contributed by atoms with van der Waals surface area (Å²) in [5, 5.41) is 0. The number of ketones is 1. The van der Waals surface area contributed by atoms with Crippen LogP contribution in [0.1, 0.15) is 22.3 Å². The van der Waals surface area contributed by atoms with Crippen molar-refractivity contribution in [3.8, 4) is 0 Å². The minimum atomic E-state index is -1.81. The Labute approximate surface area is 110 Å². The number of hydrogen-bond acceptors (Lipinski definition) is 1. The van der Waals surface area contributed by atoms with E-state index in [4.69, 9.17) is 0 Å². The van der Waals surface area contributed by atoms with E-state index in [2.05, 4.69) is 0 Å². The summed E-state index contributed by atoms with van der Waals surface area (Å²) in [6, 6.07) is 16.7. The van der Waals surface area contributed by atoms with Crippen LogP contribution >= 0.6 is 0 Å². The molecule has 0 aromatic heterocycles. The number of halogens is 2. The summed E-state index contributed by atoms with van der Waals surface area (Å²) in [5.74, 6) is -0.313. The van der Waals surface area contributed by atoms with Crippen LogP contribution in [0.2, 0.25) is 0 Å². The van der Waals surface area contributed by atoms with Gasteiger partial charge in [0.1, 0.15) is 0 Å². The molecule has 0 atom stereocenters. The first kappa shape index (κ1) is 13.1. The lowest BCUT2D eigenvalue weighted by Gasteiger charge is -2.06. The van der Waals surface area contributed by atoms with Gasteiger partial charge in [-0.3, -0.25) is 4.79 Å². The van der Waals surface area contributed by atoms with Gasteiger partial charge < -0.3 is 0 Å². The SMILES string of the molecule is O=C(CC(=C(F)F)c1ccccc1)c1ccccc1. The van der Waals surface area contributed by atoms with Gasteiger partial charge in [0.2, 0.25) is 0 Å². The molecule has 0 radical (unpaired) electrons. The fourth-order valence-electron chi connectivity index (χ4n) is 1.80. The van der Waals surface area contributed by atoms with Gasteiger partial charge in [0.25, 0.3) is 6.08 Å². The second-order valence-electron chi connectivity index (χ2n) is 4.07. The Morgan fingerprint density at radius 2 is 1.26 bits per heavy atom. The summed E-state index contributed by atoms with van der Waals surface area (Å²) in [6.07, 6.45) is -2.11. The highest BCUT2D eigenvalue weighted by molar-refractivity contribution is 6.02. The van der Waals surface area contributed by atoms with Crippen molar-refractivity contribution < 1.29 is 13.6 Å². The largest absolute Gasteiger partial charge is 0.294 e. The van der Waals surface area contributed by atoms with Gasteiger partial charge in [-0.25, -0.2) is 0 Å². The quantitative estimate of drug-likeness (QED) is 0.734. The summed E-state index contributed by atoms with van der Waals surface area (Å²) in [5.41, 5.74) is 0.610. The highest BCUT2D eigenvalue weighted by Gasteiger charge is 2.15. The maximum absolute atomic E-state index is 13.0. The fourth-order valence-corrected chi connectivity index (χ4v) is 1.80. The van der Waals surface area contributed by atoms with Crippen LogP contribution in [0.25, 0.3) is 5.57 Å². The van der Waals surface area contributed by atoms with Gasteiger partial charge in [-0.2, -0.15) is 8.78 Å². The predicted octanol–water partition coefficient (Wildman–Crippen LogP) is 4.57. The van der Waals surface area contributed by atoms with Crippen molar-refractivity contribution in [1.82, 2.24) is 0 Å². The van der Waals surface area contributed by atoms with E-state index in [1.807, 2.05) is 0 Å². The van der Waals surface area contributed by atoms with Crippen molar-refractivity contribution in [3.63, 3.8) is 0 Å². The smallest absolute Gasteiger partial charge is 0.274 e. The maximum atomic E-state index is 13.0. The molecule has 0 N–H and O–H groups in total. The topological polar surface area (TPSA) is 17.1 Å². The maximum Gasteiger partial charge on any atom is 0.274 e. The number of benzene rings is 2. The normalized spacial score (nSPS) is 10.0. The first-order valence-corrected chi connectivity index (χ1v) is 5.86. The standard InChI is InChI=1S/C16H12F2O/c17-16(18)14(12-7-3-1-4-8-12)11-15(19)13-9-5-2-6-10-13/h1-10H,11H2. The Balaban J connectivity index is 2.25. The molecule has 0 fully saturated rings. The Kier molecular flexibility index (Phi) is 4.18. The molecule has 19 heavy (non-hydrogen) atoms. The molecule has 0 aliphatic heterocycles. The average Bonchev–Trinajstić information content (AvgIpc) is 2.46. The van der Waals surface area contributed by atoms with Crippen LogP contribution in [-0.4, -0.2) is 5.78 Å². The zero-order valence-electron chi connectivity index (χ0n) is 10.1. The van der Waals surface area contributed by atoms with Crippen molar-refractivity contribution in [2.75, 3.05) is 0 Å². The van der Waals surface area contributed by atoms with Crippen LogP contribution in [0.15, 0.2) is 66.7 Å². The van der Waals surface area contributed by atoms with Gasteiger partial charge in [-0.05, 0) is 5.56 Å². The van der Waals surface area contributed by atoms with Crippen LogP contribution in [-0.2, 0) is 0 Å². The van der Waals surface area contributed by atoms with Crippen molar-refractivity contribution in [2.24, 2.45) is 0 Å². The number of allylic oxidation sites excluding steroid dienone is 1. The molecule has 0 bridgehead atoms. The first-order chi connectivity index (χ1) is 9.18. The molecular weight excluding hydrogens is 246 g/mol. The number of hydrogen-bond donors (Lipinski definition) is 0. The molecule has 2 rings (SSSR count). The highest BCUT2D eigenvalue weighted by Crippen LogP contribution is 2.25. The molecule has 96 valence electrons. The fraction of sp³-hybridized carbons (Fsp3) is 0.0625. The van der Waals surface area contributed by atoms with E-state index in [-0.39, 0.29) is 17.8 Å². The zero-order valence-corrected chi connectivity index (χ0v) is 10.1. The van der Waals surface area contributed by atoms with E-state index >= 15 is 0 Å². The molecule has 0 spiro atoms. The van der Waals surface area contributed by atoms with Crippen molar-refractivity contribution in [2.45, 2.75) is 6.42 Å².